The SMILES string of the molecule is CCOCCCNC(=O)c1ccc2c(c1)N(Cc1ccc(F)cc1)C(=O)/C(=C/c1ccccc1)S2. The fourth-order valence-electron chi connectivity index (χ4n) is 3.70. The lowest BCUT2D eigenvalue weighted by atomic mass is 10.1. The molecular formula is C28H27FN2O3S. The molecule has 0 spiro atoms. The van der Waals surface area contributed by atoms with E-state index in [-0.39, 0.29) is 24.2 Å². The van der Waals surface area contributed by atoms with Gasteiger partial charge in [0.2, 0.25) is 0 Å². The molecule has 1 N–H and O–H groups in total. The van der Waals surface area contributed by atoms with Crippen molar-refractivity contribution in [3.63, 3.8) is 0 Å². The Balaban J connectivity index is 1.62. The molecule has 7 heteroatoms. The average molecular weight is 491 g/mol. The van der Waals surface area contributed by atoms with Crippen LogP contribution in [-0.2, 0) is 16.1 Å². The number of ether oxygens (including phenoxy) is 1. The number of benzene rings is 3. The van der Waals surface area contributed by atoms with E-state index in [9.17, 15) is 14.0 Å². The Bertz CT molecular complexity index is 1210. The summed E-state index contributed by atoms with van der Waals surface area (Å²) in [5, 5.41) is 2.91. The van der Waals surface area contributed by atoms with Gasteiger partial charge in [-0.1, -0.05) is 54.2 Å². The third kappa shape index (κ3) is 6.38. The summed E-state index contributed by atoms with van der Waals surface area (Å²) in [5.41, 5.74) is 2.86. The maximum Gasteiger partial charge on any atom is 0.265 e. The number of carbonyl (C=O) groups excluding carboxylic acids is 2. The molecule has 4 rings (SSSR count). The zero-order valence-corrected chi connectivity index (χ0v) is 20.3. The highest BCUT2D eigenvalue weighted by molar-refractivity contribution is 8.04. The van der Waals surface area contributed by atoms with Crippen LogP contribution in [0.2, 0.25) is 0 Å². The van der Waals surface area contributed by atoms with Crippen molar-refractivity contribution in [2.75, 3.05) is 24.7 Å². The van der Waals surface area contributed by atoms with E-state index in [1.165, 1.54) is 23.9 Å². The molecule has 3 aromatic rings. The van der Waals surface area contributed by atoms with Crippen LogP contribution in [0.3, 0.4) is 0 Å². The van der Waals surface area contributed by atoms with Gasteiger partial charge in [-0.2, -0.15) is 0 Å². The van der Waals surface area contributed by atoms with Crippen LogP contribution in [0.5, 0.6) is 0 Å². The molecule has 0 fully saturated rings. The summed E-state index contributed by atoms with van der Waals surface area (Å²) in [4.78, 5) is 29.4. The van der Waals surface area contributed by atoms with Gasteiger partial charge in [0.1, 0.15) is 5.82 Å². The van der Waals surface area contributed by atoms with Crippen molar-refractivity contribution in [1.82, 2.24) is 5.32 Å². The number of hydrogen-bond donors (Lipinski definition) is 1. The molecule has 5 nitrogen and oxygen atoms in total. The summed E-state index contributed by atoms with van der Waals surface area (Å²) in [6.45, 7) is 3.94. The van der Waals surface area contributed by atoms with Gasteiger partial charge in [-0.15, -0.1) is 0 Å². The van der Waals surface area contributed by atoms with Crippen LogP contribution in [0.15, 0.2) is 82.6 Å². The zero-order valence-electron chi connectivity index (χ0n) is 19.5. The normalized spacial score (nSPS) is 14.2. The van der Waals surface area contributed by atoms with Crippen LogP contribution >= 0.6 is 11.8 Å². The van der Waals surface area contributed by atoms with Crippen molar-refractivity contribution in [2.24, 2.45) is 0 Å². The van der Waals surface area contributed by atoms with Crippen LogP contribution in [0.4, 0.5) is 10.1 Å². The number of fused-ring (bicyclic) bond motifs is 1. The van der Waals surface area contributed by atoms with Gasteiger partial charge >= 0.3 is 0 Å². The summed E-state index contributed by atoms with van der Waals surface area (Å²) in [7, 11) is 0. The number of nitrogens with one attached hydrogen (secondary N) is 1. The Kier molecular flexibility index (Phi) is 8.34. The fourth-order valence-corrected chi connectivity index (χ4v) is 4.74. The standard InChI is InChI=1S/C28H27FN2O3S/c1-2-34-16-6-15-30-27(32)22-11-14-25-24(18-22)31(19-21-9-12-23(29)13-10-21)28(33)26(35-25)17-20-7-4-3-5-8-20/h3-5,7-14,17-18H,2,6,15-16,19H2,1H3,(H,30,32)/b26-17-. The van der Waals surface area contributed by atoms with Gasteiger partial charge in [0, 0.05) is 30.2 Å². The molecule has 1 aliphatic rings. The minimum Gasteiger partial charge on any atom is -0.382 e. The molecule has 0 unspecified atom stereocenters. The highest BCUT2D eigenvalue weighted by Gasteiger charge is 2.30. The third-order valence-corrected chi connectivity index (χ3v) is 6.57. The van der Waals surface area contributed by atoms with Gasteiger partial charge in [0.05, 0.1) is 17.1 Å². The minimum atomic E-state index is -0.331. The number of nitrogens with zero attached hydrogens (tertiary/aromatic N) is 1. The van der Waals surface area contributed by atoms with E-state index >= 15 is 0 Å². The van der Waals surface area contributed by atoms with E-state index in [4.69, 9.17) is 4.74 Å². The van der Waals surface area contributed by atoms with Crippen molar-refractivity contribution in [3.05, 3.63) is 100 Å². The first-order valence-corrected chi connectivity index (χ1v) is 12.4. The molecule has 0 saturated carbocycles. The van der Waals surface area contributed by atoms with E-state index in [1.807, 2.05) is 49.4 Å². The van der Waals surface area contributed by atoms with Crippen molar-refractivity contribution in [3.8, 4) is 0 Å². The topological polar surface area (TPSA) is 58.6 Å². The average Bonchev–Trinajstić information content (AvgIpc) is 2.88. The van der Waals surface area contributed by atoms with E-state index in [1.54, 1.807) is 29.2 Å². The number of halogens is 1. The predicted molar refractivity (Wildman–Crippen MR) is 138 cm³/mol. The number of thioether (sulfide) groups is 1. The number of hydrogen-bond acceptors (Lipinski definition) is 4. The van der Waals surface area contributed by atoms with Crippen LogP contribution in [0.25, 0.3) is 6.08 Å². The first-order chi connectivity index (χ1) is 17.0. The summed E-state index contributed by atoms with van der Waals surface area (Å²) < 4.78 is 18.8. The third-order valence-electron chi connectivity index (χ3n) is 5.49. The number of anilines is 1. The lowest BCUT2D eigenvalue weighted by molar-refractivity contribution is -0.114. The molecule has 35 heavy (non-hydrogen) atoms. The summed E-state index contributed by atoms with van der Waals surface area (Å²) >= 11 is 1.39. The largest absolute Gasteiger partial charge is 0.382 e. The molecule has 0 saturated heterocycles. The lowest BCUT2D eigenvalue weighted by Gasteiger charge is -2.31. The second kappa shape index (κ2) is 11.8. The molecule has 2 amide bonds. The van der Waals surface area contributed by atoms with Crippen molar-refractivity contribution >= 4 is 35.3 Å². The van der Waals surface area contributed by atoms with Crippen LogP contribution in [0, 0.1) is 5.82 Å². The first-order valence-electron chi connectivity index (χ1n) is 11.6. The van der Waals surface area contributed by atoms with E-state index in [2.05, 4.69) is 5.32 Å². The number of rotatable bonds is 9. The van der Waals surface area contributed by atoms with E-state index in [0.717, 1.165) is 22.4 Å². The Morgan fingerprint density at radius 2 is 1.86 bits per heavy atom. The maximum absolute atomic E-state index is 13.6. The molecule has 1 aliphatic heterocycles. The summed E-state index contributed by atoms with van der Waals surface area (Å²) in [6.07, 6.45) is 2.59. The maximum atomic E-state index is 13.6. The highest BCUT2D eigenvalue weighted by Crippen LogP contribution is 2.43. The van der Waals surface area contributed by atoms with Gasteiger partial charge in [-0.05, 0) is 60.9 Å². The zero-order chi connectivity index (χ0) is 24.6. The quantitative estimate of drug-likeness (QED) is 0.311. The van der Waals surface area contributed by atoms with Crippen molar-refractivity contribution in [2.45, 2.75) is 24.8 Å². The van der Waals surface area contributed by atoms with Crippen LogP contribution in [-0.4, -0.2) is 31.6 Å². The fraction of sp³-hybridized carbons (Fsp3) is 0.214. The molecule has 0 atom stereocenters. The van der Waals surface area contributed by atoms with Gasteiger partial charge < -0.3 is 15.0 Å². The lowest BCUT2D eigenvalue weighted by Crippen LogP contribution is -2.34. The molecule has 0 radical (unpaired) electrons. The van der Waals surface area contributed by atoms with E-state index < -0.39 is 0 Å². The van der Waals surface area contributed by atoms with Crippen molar-refractivity contribution in [1.29, 1.82) is 0 Å². The van der Waals surface area contributed by atoms with Crippen LogP contribution < -0.4 is 10.2 Å². The van der Waals surface area contributed by atoms with Crippen molar-refractivity contribution < 1.29 is 18.7 Å². The van der Waals surface area contributed by atoms with E-state index in [0.29, 0.717) is 35.9 Å². The summed E-state index contributed by atoms with van der Waals surface area (Å²) in [6, 6.07) is 21.2. The Morgan fingerprint density at radius 3 is 2.60 bits per heavy atom. The van der Waals surface area contributed by atoms with Gasteiger partial charge in [-0.25, -0.2) is 4.39 Å². The predicted octanol–water partition coefficient (Wildman–Crippen LogP) is 5.66. The number of amides is 2. The second-order valence-electron chi connectivity index (χ2n) is 8.03. The molecule has 180 valence electrons. The molecule has 1 heterocycles. The smallest absolute Gasteiger partial charge is 0.265 e. The second-order valence-corrected chi connectivity index (χ2v) is 9.11. The van der Waals surface area contributed by atoms with Gasteiger partial charge in [0.15, 0.2) is 0 Å². The number of carbonyl (C=O) groups is 2. The highest BCUT2D eigenvalue weighted by atomic mass is 32.2. The van der Waals surface area contributed by atoms with Crippen LogP contribution in [0.1, 0.15) is 34.8 Å². The van der Waals surface area contributed by atoms with Gasteiger partial charge in [-0.3, -0.25) is 9.59 Å². The minimum absolute atomic E-state index is 0.162. The Morgan fingerprint density at radius 1 is 1.09 bits per heavy atom. The monoisotopic (exact) mass is 490 g/mol. The summed E-state index contributed by atoms with van der Waals surface area (Å²) in [5.74, 6) is -0.693. The van der Waals surface area contributed by atoms with Gasteiger partial charge in [0.25, 0.3) is 11.8 Å². The molecule has 0 aliphatic carbocycles. The Labute approximate surface area is 209 Å². The molecule has 3 aromatic carbocycles. The first kappa shape index (κ1) is 24.7. The molecule has 0 bridgehead atoms. The Hall–Kier alpha value is -3.42. The molecule has 0 aromatic heterocycles. The molecular weight excluding hydrogens is 463 g/mol.